The molecule has 0 aromatic carbocycles. The topological polar surface area (TPSA) is 61.4 Å². The van der Waals surface area contributed by atoms with Crippen LogP contribution in [0.3, 0.4) is 0 Å². The molecule has 28 heavy (non-hydrogen) atoms. The predicted molar refractivity (Wildman–Crippen MR) is 118 cm³/mol. The standard InChI is InChI=1S/C20H27N5OS2/c26-19(21-6-3-18-2-1-11-28-18)16-4-7-24(8-5-16)17-14-22-20(23-15-17)25-9-12-27-13-10-25/h1-2,11,14-16H,3-10,12-13H2,(H,21,26). The number of thiophene rings is 1. The Morgan fingerprint density at radius 3 is 2.54 bits per heavy atom. The van der Waals surface area contributed by atoms with Crippen molar-refractivity contribution in [3.63, 3.8) is 0 Å². The molecule has 2 aromatic rings. The van der Waals surface area contributed by atoms with Crippen molar-refractivity contribution >= 4 is 40.6 Å². The molecule has 2 fully saturated rings. The summed E-state index contributed by atoms with van der Waals surface area (Å²) in [6.07, 6.45) is 6.56. The summed E-state index contributed by atoms with van der Waals surface area (Å²) < 4.78 is 0. The van der Waals surface area contributed by atoms with Crippen molar-refractivity contribution in [2.24, 2.45) is 5.92 Å². The van der Waals surface area contributed by atoms with E-state index in [1.807, 2.05) is 24.2 Å². The number of carbonyl (C=O) groups excluding carboxylic acids is 1. The maximum absolute atomic E-state index is 12.4. The largest absolute Gasteiger partial charge is 0.369 e. The van der Waals surface area contributed by atoms with Crippen LogP contribution >= 0.6 is 23.1 Å². The summed E-state index contributed by atoms with van der Waals surface area (Å²) >= 11 is 3.73. The quantitative estimate of drug-likeness (QED) is 0.780. The molecule has 2 aliphatic heterocycles. The van der Waals surface area contributed by atoms with Crippen LogP contribution in [0.4, 0.5) is 11.6 Å². The van der Waals surface area contributed by atoms with Crippen LogP contribution in [0.5, 0.6) is 0 Å². The number of nitrogens with zero attached hydrogens (tertiary/aromatic N) is 4. The van der Waals surface area contributed by atoms with Gasteiger partial charge in [0, 0.05) is 55.0 Å². The van der Waals surface area contributed by atoms with Crippen molar-refractivity contribution in [3.8, 4) is 0 Å². The van der Waals surface area contributed by atoms with E-state index in [0.717, 1.165) is 75.1 Å². The number of nitrogens with one attached hydrogen (secondary N) is 1. The third-order valence-electron chi connectivity index (χ3n) is 5.40. The second-order valence-electron chi connectivity index (χ2n) is 7.22. The first-order valence-corrected chi connectivity index (χ1v) is 12.0. The Hall–Kier alpha value is -1.80. The molecule has 0 radical (unpaired) electrons. The van der Waals surface area contributed by atoms with Crippen LogP contribution in [-0.2, 0) is 11.2 Å². The van der Waals surface area contributed by atoms with Gasteiger partial charge in [-0.05, 0) is 30.7 Å². The van der Waals surface area contributed by atoms with E-state index in [2.05, 4.69) is 42.6 Å². The van der Waals surface area contributed by atoms with Gasteiger partial charge in [-0.3, -0.25) is 4.79 Å². The molecule has 150 valence electrons. The molecule has 0 spiro atoms. The van der Waals surface area contributed by atoms with Gasteiger partial charge in [-0.15, -0.1) is 11.3 Å². The third kappa shape index (κ3) is 4.97. The minimum absolute atomic E-state index is 0.116. The highest BCUT2D eigenvalue weighted by Gasteiger charge is 2.25. The maximum Gasteiger partial charge on any atom is 0.225 e. The zero-order valence-corrected chi connectivity index (χ0v) is 17.7. The molecule has 2 saturated heterocycles. The first-order chi connectivity index (χ1) is 13.8. The number of thioether (sulfide) groups is 1. The number of piperidine rings is 1. The minimum Gasteiger partial charge on any atom is -0.369 e. The van der Waals surface area contributed by atoms with E-state index in [1.165, 1.54) is 4.88 Å². The highest BCUT2D eigenvalue weighted by Crippen LogP contribution is 2.24. The van der Waals surface area contributed by atoms with Gasteiger partial charge in [-0.2, -0.15) is 11.8 Å². The fraction of sp³-hybridized carbons (Fsp3) is 0.550. The molecule has 4 heterocycles. The zero-order valence-electron chi connectivity index (χ0n) is 16.0. The van der Waals surface area contributed by atoms with E-state index in [0.29, 0.717) is 0 Å². The predicted octanol–water partition coefficient (Wildman–Crippen LogP) is 2.67. The average Bonchev–Trinajstić information content (AvgIpc) is 3.28. The number of aromatic nitrogens is 2. The lowest BCUT2D eigenvalue weighted by Crippen LogP contribution is -2.41. The molecular formula is C20H27N5OS2. The van der Waals surface area contributed by atoms with Gasteiger partial charge in [0.15, 0.2) is 0 Å². The number of carbonyl (C=O) groups is 1. The van der Waals surface area contributed by atoms with E-state index >= 15 is 0 Å². The molecule has 2 aromatic heterocycles. The van der Waals surface area contributed by atoms with Gasteiger partial charge in [0.2, 0.25) is 11.9 Å². The molecule has 1 N–H and O–H groups in total. The second kappa shape index (κ2) is 9.60. The lowest BCUT2D eigenvalue weighted by molar-refractivity contribution is -0.125. The van der Waals surface area contributed by atoms with Gasteiger partial charge in [-0.1, -0.05) is 6.07 Å². The number of anilines is 2. The van der Waals surface area contributed by atoms with E-state index in [4.69, 9.17) is 0 Å². The number of rotatable bonds is 6. The summed E-state index contributed by atoms with van der Waals surface area (Å²) in [5.74, 6) is 3.45. The number of amides is 1. The van der Waals surface area contributed by atoms with Crippen LogP contribution in [0.15, 0.2) is 29.9 Å². The van der Waals surface area contributed by atoms with E-state index in [9.17, 15) is 4.79 Å². The van der Waals surface area contributed by atoms with E-state index in [-0.39, 0.29) is 11.8 Å². The van der Waals surface area contributed by atoms with Gasteiger partial charge in [0.25, 0.3) is 0 Å². The number of hydrogen-bond acceptors (Lipinski definition) is 7. The molecule has 4 rings (SSSR count). The lowest BCUT2D eigenvalue weighted by Gasteiger charge is -2.33. The first-order valence-electron chi connectivity index (χ1n) is 9.99. The highest BCUT2D eigenvalue weighted by atomic mass is 32.2. The van der Waals surface area contributed by atoms with Gasteiger partial charge in [0.1, 0.15) is 0 Å². The van der Waals surface area contributed by atoms with Crippen molar-refractivity contribution in [2.45, 2.75) is 19.3 Å². The Labute approximate surface area is 174 Å². The molecular weight excluding hydrogens is 390 g/mol. The molecule has 1 amide bonds. The Balaban J connectivity index is 1.22. The molecule has 6 nitrogen and oxygen atoms in total. The fourth-order valence-corrected chi connectivity index (χ4v) is 5.32. The van der Waals surface area contributed by atoms with E-state index in [1.54, 1.807) is 11.3 Å². The molecule has 0 saturated carbocycles. The SMILES string of the molecule is O=C(NCCc1cccs1)C1CCN(c2cnc(N3CCSCC3)nc2)CC1. The van der Waals surface area contributed by atoms with Crippen molar-refractivity contribution < 1.29 is 4.79 Å². The molecule has 2 aliphatic rings. The van der Waals surface area contributed by atoms with Crippen LogP contribution in [-0.4, -0.2) is 60.1 Å². The Morgan fingerprint density at radius 1 is 1.11 bits per heavy atom. The summed E-state index contributed by atoms with van der Waals surface area (Å²) in [6, 6.07) is 4.17. The summed E-state index contributed by atoms with van der Waals surface area (Å²) in [5, 5.41) is 5.18. The molecule has 0 bridgehead atoms. The van der Waals surface area contributed by atoms with E-state index < -0.39 is 0 Å². The Bertz CT molecular complexity index is 738. The summed E-state index contributed by atoms with van der Waals surface area (Å²) in [6.45, 7) is 4.54. The number of hydrogen-bond donors (Lipinski definition) is 1. The summed E-state index contributed by atoms with van der Waals surface area (Å²) in [4.78, 5) is 27.5. The van der Waals surface area contributed by atoms with Gasteiger partial charge < -0.3 is 15.1 Å². The normalized spacial score (nSPS) is 18.3. The maximum atomic E-state index is 12.4. The van der Waals surface area contributed by atoms with Crippen molar-refractivity contribution in [1.82, 2.24) is 15.3 Å². The van der Waals surface area contributed by atoms with Gasteiger partial charge in [-0.25, -0.2) is 9.97 Å². The molecule has 0 aliphatic carbocycles. The van der Waals surface area contributed by atoms with Crippen LogP contribution in [0.25, 0.3) is 0 Å². The summed E-state index contributed by atoms with van der Waals surface area (Å²) in [7, 11) is 0. The average molecular weight is 418 g/mol. The zero-order chi connectivity index (χ0) is 19.2. The minimum atomic E-state index is 0.116. The molecule has 0 atom stereocenters. The molecule has 8 heteroatoms. The van der Waals surface area contributed by atoms with Crippen LogP contribution < -0.4 is 15.1 Å². The molecule has 0 unspecified atom stereocenters. The fourth-order valence-electron chi connectivity index (χ4n) is 3.71. The third-order valence-corrected chi connectivity index (χ3v) is 7.28. The monoisotopic (exact) mass is 417 g/mol. The van der Waals surface area contributed by atoms with Crippen LogP contribution in [0.1, 0.15) is 17.7 Å². The van der Waals surface area contributed by atoms with Crippen LogP contribution in [0, 0.1) is 5.92 Å². The Morgan fingerprint density at radius 2 is 1.86 bits per heavy atom. The second-order valence-corrected chi connectivity index (χ2v) is 9.48. The van der Waals surface area contributed by atoms with Crippen molar-refractivity contribution in [1.29, 1.82) is 0 Å². The highest BCUT2D eigenvalue weighted by molar-refractivity contribution is 7.99. The first kappa shape index (κ1) is 19.5. The van der Waals surface area contributed by atoms with Crippen LogP contribution in [0.2, 0.25) is 0 Å². The smallest absolute Gasteiger partial charge is 0.225 e. The lowest BCUT2D eigenvalue weighted by atomic mass is 9.95. The summed E-state index contributed by atoms with van der Waals surface area (Å²) in [5.41, 5.74) is 1.06. The van der Waals surface area contributed by atoms with Crippen molar-refractivity contribution in [3.05, 3.63) is 34.8 Å². The van der Waals surface area contributed by atoms with Crippen molar-refractivity contribution in [2.75, 3.05) is 54.0 Å². The van der Waals surface area contributed by atoms with Gasteiger partial charge in [0.05, 0.1) is 18.1 Å². The van der Waals surface area contributed by atoms with Gasteiger partial charge >= 0.3 is 0 Å². The Kier molecular flexibility index (Phi) is 6.69.